The molecule has 1 unspecified atom stereocenters. The SMILES string of the molecule is CCCc1cc(=O)n2nc(NCC(O)c3ccccc3F)sc2n1. The van der Waals surface area contributed by atoms with Crippen LogP contribution in [0.1, 0.15) is 30.7 Å². The van der Waals surface area contributed by atoms with E-state index in [-0.39, 0.29) is 17.7 Å². The summed E-state index contributed by atoms with van der Waals surface area (Å²) in [6, 6.07) is 7.54. The molecule has 0 aliphatic carbocycles. The Kier molecular flexibility index (Phi) is 4.86. The second-order valence-corrected chi connectivity index (χ2v) is 6.31. The van der Waals surface area contributed by atoms with Crippen LogP contribution in [0.15, 0.2) is 35.1 Å². The zero-order valence-electron chi connectivity index (χ0n) is 13.1. The summed E-state index contributed by atoms with van der Waals surface area (Å²) in [4.78, 5) is 16.9. The first-order chi connectivity index (χ1) is 11.6. The minimum Gasteiger partial charge on any atom is -0.386 e. The number of aryl methyl sites for hydroxylation is 1. The number of hydrogen-bond acceptors (Lipinski definition) is 6. The zero-order chi connectivity index (χ0) is 17.1. The van der Waals surface area contributed by atoms with Crippen LogP contribution in [0.25, 0.3) is 4.96 Å². The van der Waals surface area contributed by atoms with Gasteiger partial charge in [-0.05, 0) is 12.5 Å². The maximum Gasteiger partial charge on any atom is 0.275 e. The number of benzene rings is 1. The molecular weight excluding hydrogens is 331 g/mol. The van der Waals surface area contributed by atoms with Gasteiger partial charge in [-0.3, -0.25) is 4.79 Å². The molecule has 0 aliphatic rings. The van der Waals surface area contributed by atoms with Crippen LogP contribution in [0, 0.1) is 5.82 Å². The Morgan fingerprint density at radius 1 is 1.42 bits per heavy atom. The Labute approximate surface area is 141 Å². The molecule has 3 rings (SSSR count). The molecule has 0 radical (unpaired) electrons. The number of rotatable bonds is 6. The molecule has 0 saturated heterocycles. The van der Waals surface area contributed by atoms with Crippen molar-refractivity contribution in [3.63, 3.8) is 0 Å². The minimum atomic E-state index is -1.02. The van der Waals surface area contributed by atoms with E-state index in [1.165, 1.54) is 34.1 Å². The first kappa shape index (κ1) is 16.5. The lowest BCUT2D eigenvalue weighted by molar-refractivity contribution is 0.186. The molecule has 0 bridgehead atoms. The van der Waals surface area contributed by atoms with E-state index >= 15 is 0 Å². The lowest BCUT2D eigenvalue weighted by atomic mass is 10.1. The van der Waals surface area contributed by atoms with Crippen LogP contribution in [-0.2, 0) is 6.42 Å². The van der Waals surface area contributed by atoms with Crippen molar-refractivity contribution in [2.24, 2.45) is 0 Å². The summed E-state index contributed by atoms with van der Waals surface area (Å²) in [5, 5.41) is 17.6. The van der Waals surface area contributed by atoms with Crippen molar-refractivity contribution < 1.29 is 9.50 Å². The van der Waals surface area contributed by atoms with Crippen LogP contribution in [-0.4, -0.2) is 26.2 Å². The quantitative estimate of drug-likeness (QED) is 0.715. The fraction of sp³-hybridized carbons (Fsp3) is 0.312. The number of aliphatic hydroxyl groups excluding tert-OH is 1. The van der Waals surface area contributed by atoms with Crippen molar-refractivity contribution in [1.29, 1.82) is 0 Å². The molecule has 2 aromatic heterocycles. The summed E-state index contributed by atoms with van der Waals surface area (Å²) in [5.74, 6) is -0.460. The van der Waals surface area contributed by atoms with Crippen molar-refractivity contribution in [2.45, 2.75) is 25.9 Å². The van der Waals surface area contributed by atoms with Crippen molar-refractivity contribution in [3.8, 4) is 0 Å². The molecule has 2 heterocycles. The first-order valence-electron chi connectivity index (χ1n) is 7.64. The molecule has 1 atom stereocenters. The average molecular weight is 348 g/mol. The number of halogens is 1. The largest absolute Gasteiger partial charge is 0.386 e. The summed E-state index contributed by atoms with van der Waals surface area (Å²) < 4.78 is 14.9. The molecule has 0 aliphatic heterocycles. The molecule has 0 fully saturated rings. The molecule has 3 aromatic rings. The van der Waals surface area contributed by atoms with E-state index in [0.717, 1.165) is 18.5 Å². The standard InChI is InChI=1S/C16H17FN4O2S/c1-2-5-10-8-14(23)21-16(19-10)24-15(20-21)18-9-13(22)11-6-3-4-7-12(11)17/h3-4,6-8,13,22H,2,5,9H2,1H3,(H,18,20). The molecule has 0 spiro atoms. The van der Waals surface area contributed by atoms with Gasteiger partial charge in [0.1, 0.15) is 5.82 Å². The van der Waals surface area contributed by atoms with Crippen molar-refractivity contribution in [2.75, 3.05) is 11.9 Å². The maximum absolute atomic E-state index is 13.6. The van der Waals surface area contributed by atoms with E-state index in [4.69, 9.17) is 0 Å². The van der Waals surface area contributed by atoms with Crippen LogP contribution < -0.4 is 10.9 Å². The number of aromatic nitrogens is 3. The van der Waals surface area contributed by atoms with Gasteiger partial charge in [0, 0.05) is 23.9 Å². The molecule has 8 heteroatoms. The fourth-order valence-corrected chi connectivity index (χ4v) is 3.18. The van der Waals surface area contributed by atoms with Gasteiger partial charge in [0.05, 0.1) is 6.10 Å². The van der Waals surface area contributed by atoms with Crippen LogP contribution in [0.5, 0.6) is 0 Å². The van der Waals surface area contributed by atoms with Crippen molar-refractivity contribution in [3.05, 3.63) is 57.8 Å². The molecule has 0 saturated carbocycles. The Morgan fingerprint density at radius 3 is 2.96 bits per heavy atom. The third kappa shape index (κ3) is 3.44. The highest BCUT2D eigenvalue weighted by molar-refractivity contribution is 7.20. The molecular formula is C16H17FN4O2S. The number of nitrogens with one attached hydrogen (secondary N) is 1. The predicted octanol–water partition coefficient (Wildman–Crippen LogP) is 2.39. The average Bonchev–Trinajstić information content (AvgIpc) is 2.97. The second-order valence-electron chi connectivity index (χ2n) is 5.36. The van der Waals surface area contributed by atoms with Crippen LogP contribution in [0.3, 0.4) is 0 Å². The van der Waals surface area contributed by atoms with Gasteiger partial charge in [-0.1, -0.05) is 42.9 Å². The van der Waals surface area contributed by atoms with Gasteiger partial charge in [-0.2, -0.15) is 4.52 Å². The number of aliphatic hydroxyl groups is 1. The highest BCUT2D eigenvalue weighted by Crippen LogP contribution is 2.20. The van der Waals surface area contributed by atoms with Crippen molar-refractivity contribution in [1.82, 2.24) is 14.6 Å². The third-order valence-electron chi connectivity index (χ3n) is 3.52. The van der Waals surface area contributed by atoms with Gasteiger partial charge in [0.2, 0.25) is 10.1 Å². The monoisotopic (exact) mass is 348 g/mol. The second kappa shape index (κ2) is 7.06. The molecule has 126 valence electrons. The maximum atomic E-state index is 13.6. The summed E-state index contributed by atoms with van der Waals surface area (Å²) in [6.07, 6.45) is 0.623. The Hall–Kier alpha value is -2.32. The summed E-state index contributed by atoms with van der Waals surface area (Å²) >= 11 is 1.22. The predicted molar refractivity (Wildman–Crippen MR) is 91.0 cm³/mol. The molecule has 0 amide bonds. The zero-order valence-corrected chi connectivity index (χ0v) is 13.9. The van der Waals surface area contributed by atoms with Crippen LogP contribution >= 0.6 is 11.3 Å². The van der Waals surface area contributed by atoms with Gasteiger partial charge < -0.3 is 10.4 Å². The van der Waals surface area contributed by atoms with Gasteiger partial charge in [-0.25, -0.2) is 9.37 Å². The third-order valence-corrected chi connectivity index (χ3v) is 4.38. The summed E-state index contributed by atoms with van der Waals surface area (Å²) in [5.41, 5.74) is 0.720. The van der Waals surface area contributed by atoms with E-state index in [2.05, 4.69) is 15.4 Å². The van der Waals surface area contributed by atoms with Gasteiger partial charge in [0.15, 0.2) is 0 Å². The number of nitrogens with zero attached hydrogens (tertiary/aromatic N) is 3. The van der Waals surface area contributed by atoms with E-state index in [9.17, 15) is 14.3 Å². The highest BCUT2D eigenvalue weighted by atomic mass is 32.1. The molecule has 2 N–H and O–H groups in total. The first-order valence-corrected chi connectivity index (χ1v) is 8.46. The lowest BCUT2D eigenvalue weighted by Crippen LogP contribution is -2.16. The number of anilines is 1. The number of hydrogen-bond donors (Lipinski definition) is 2. The van der Waals surface area contributed by atoms with E-state index in [1.807, 2.05) is 6.92 Å². The van der Waals surface area contributed by atoms with Gasteiger partial charge >= 0.3 is 0 Å². The van der Waals surface area contributed by atoms with E-state index in [1.54, 1.807) is 12.1 Å². The molecule has 24 heavy (non-hydrogen) atoms. The topological polar surface area (TPSA) is 79.5 Å². The normalized spacial score (nSPS) is 12.5. The summed E-state index contributed by atoms with van der Waals surface area (Å²) in [6.45, 7) is 2.10. The number of fused-ring (bicyclic) bond motifs is 1. The fourth-order valence-electron chi connectivity index (χ4n) is 2.35. The summed E-state index contributed by atoms with van der Waals surface area (Å²) in [7, 11) is 0. The highest BCUT2D eigenvalue weighted by Gasteiger charge is 2.14. The smallest absolute Gasteiger partial charge is 0.275 e. The Balaban J connectivity index is 1.77. The lowest BCUT2D eigenvalue weighted by Gasteiger charge is -2.11. The van der Waals surface area contributed by atoms with E-state index < -0.39 is 11.9 Å². The molecule has 1 aromatic carbocycles. The van der Waals surface area contributed by atoms with Crippen molar-refractivity contribution >= 4 is 21.4 Å². The van der Waals surface area contributed by atoms with Gasteiger partial charge in [-0.15, -0.1) is 5.10 Å². The van der Waals surface area contributed by atoms with Crippen LogP contribution in [0.4, 0.5) is 9.52 Å². The minimum absolute atomic E-state index is 0.0807. The van der Waals surface area contributed by atoms with Crippen LogP contribution in [0.2, 0.25) is 0 Å². The van der Waals surface area contributed by atoms with E-state index in [0.29, 0.717) is 10.1 Å². The Bertz CT molecular complexity index is 908. The van der Waals surface area contributed by atoms with Gasteiger partial charge in [0.25, 0.3) is 5.56 Å². The Morgan fingerprint density at radius 2 is 2.21 bits per heavy atom. The molecule has 6 nitrogen and oxygen atoms in total.